The lowest BCUT2D eigenvalue weighted by Crippen LogP contribution is -2.46. The third-order valence-electron chi connectivity index (χ3n) is 5.17. The predicted octanol–water partition coefficient (Wildman–Crippen LogP) is 2.16. The number of carbonyl (C=O) groups is 2. The van der Waals surface area contributed by atoms with Gasteiger partial charge in [-0.3, -0.25) is 9.59 Å². The first-order valence-corrected chi connectivity index (χ1v) is 8.19. The summed E-state index contributed by atoms with van der Waals surface area (Å²) in [5.41, 5.74) is 1.05. The van der Waals surface area contributed by atoms with Crippen LogP contribution in [0.15, 0.2) is 23.4 Å². The van der Waals surface area contributed by atoms with Crippen molar-refractivity contribution in [2.75, 3.05) is 19.6 Å². The van der Waals surface area contributed by atoms with Crippen LogP contribution in [0, 0.1) is 6.92 Å². The molecule has 1 spiro atoms. The van der Waals surface area contributed by atoms with Gasteiger partial charge in [-0.1, -0.05) is 11.2 Å². The van der Waals surface area contributed by atoms with Gasteiger partial charge in [0.25, 0.3) is 5.91 Å². The van der Waals surface area contributed by atoms with Crippen molar-refractivity contribution in [2.45, 2.75) is 44.6 Å². The minimum atomic E-state index is -0.107. The summed E-state index contributed by atoms with van der Waals surface area (Å²) in [6.07, 6.45) is 7.36. The lowest BCUT2D eigenvalue weighted by molar-refractivity contribution is -0.130. The number of hydrogen-bond donors (Lipinski definition) is 0. The number of hydrogen-bond acceptors (Lipinski definition) is 4. The predicted molar refractivity (Wildman–Crippen MR) is 84.9 cm³/mol. The lowest BCUT2D eigenvalue weighted by atomic mass is 9.87. The summed E-state index contributed by atoms with van der Waals surface area (Å²) in [6, 6.07) is 0. The second-order valence-corrected chi connectivity index (χ2v) is 6.48. The van der Waals surface area contributed by atoms with Gasteiger partial charge in [-0.15, -0.1) is 6.58 Å². The Kier molecular flexibility index (Phi) is 4.24. The van der Waals surface area contributed by atoms with Crippen LogP contribution in [-0.2, 0) is 4.79 Å². The highest BCUT2D eigenvalue weighted by atomic mass is 16.5. The monoisotopic (exact) mass is 317 g/mol. The molecule has 1 unspecified atom stereocenters. The molecule has 1 atom stereocenters. The molecule has 6 nitrogen and oxygen atoms in total. The molecule has 0 radical (unpaired) electrons. The van der Waals surface area contributed by atoms with Crippen molar-refractivity contribution >= 4 is 11.8 Å². The smallest absolute Gasteiger partial charge is 0.259 e. The fourth-order valence-corrected chi connectivity index (χ4v) is 3.87. The summed E-state index contributed by atoms with van der Waals surface area (Å²) in [6.45, 7) is 7.51. The highest BCUT2D eigenvalue weighted by Gasteiger charge is 2.45. The van der Waals surface area contributed by atoms with E-state index in [9.17, 15) is 9.59 Å². The van der Waals surface area contributed by atoms with Crippen LogP contribution < -0.4 is 0 Å². The van der Waals surface area contributed by atoms with Gasteiger partial charge in [0, 0.05) is 31.6 Å². The van der Waals surface area contributed by atoms with Crippen molar-refractivity contribution in [3.05, 3.63) is 30.2 Å². The zero-order valence-electron chi connectivity index (χ0n) is 13.6. The second kappa shape index (κ2) is 6.18. The van der Waals surface area contributed by atoms with E-state index < -0.39 is 0 Å². The zero-order valence-corrected chi connectivity index (χ0v) is 13.6. The molecule has 2 aliphatic heterocycles. The van der Waals surface area contributed by atoms with Gasteiger partial charge < -0.3 is 14.3 Å². The number of rotatable bonds is 3. The van der Waals surface area contributed by atoms with Gasteiger partial charge in [0.1, 0.15) is 11.8 Å². The Bertz CT molecular complexity index is 624. The maximum Gasteiger partial charge on any atom is 0.259 e. The van der Waals surface area contributed by atoms with E-state index in [4.69, 9.17) is 4.52 Å². The maximum atomic E-state index is 12.6. The average molecular weight is 317 g/mol. The van der Waals surface area contributed by atoms with Crippen molar-refractivity contribution in [1.29, 1.82) is 0 Å². The van der Waals surface area contributed by atoms with Crippen molar-refractivity contribution in [1.82, 2.24) is 15.0 Å². The Hall–Kier alpha value is -2.11. The summed E-state index contributed by atoms with van der Waals surface area (Å²) in [7, 11) is 0. The molecule has 0 aliphatic carbocycles. The first kappa shape index (κ1) is 15.8. The van der Waals surface area contributed by atoms with E-state index in [-0.39, 0.29) is 17.4 Å². The van der Waals surface area contributed by atoms with Crippen molar-refractivity contribution < 1.29 is 14.1 Å². The summed E-state index contributed by atoms with van der Waals surface area (Å²) >= 11 is 0. The largest absolute Gasteiger partial charge is 0.364 e. The summed E-state index contributed by atoms with van der Waals surface area (Å²) in [5, 5.41) is 3.79. The Labute approximate surface area is 136 Å². The van der Waals surface area contributed by atoms with Crippen LogP contribution >= 0.6 is 0 Å². The maximum absolute atomic E-state index is 12.6. The first-order chi connectivity index (χ1) is 11.1. The van der Waals surface area contributed by atoms with Gasteiger partial charge in [-0.2, -0.15) is 0 Å². The van der Waals surface area contributed by atoms with Crippen molar-refractivity contribution in [3.8, 4) is 0 Å². The molecule has 1 aromatic heterocycles. The number of aromatic nitrogens is 1. The third kappa shape index (κ3) is 2.78. The van der Waals surface area contributed by atoms with Crippen LogP contribution in [0.1, 0.15) is 48.2 Å². The minimum absolute atomic E-state index is 0.0274. The van der Waals surface area contributed by atoms with Gasteiger partial charge >= 0.3 is 0 Å². The van der Waals surface area contributed by atoms with Crippen molar-refractivity contribution in [2.24, 2.45) is 0 Å². The number of nitrogens with zero attached hydrogens (tertiary/aromatic N) is 3. The first-order valence-electron chi connectivity index (χ1n) is 8.19. The van der Waals surface area contributed by atoms with E-state index in [1.54, 1.807) is 13.0 Å². The van der Waals surface area contributed by atoms with Gasteiger partial charge in [0.2, 0.25) is 5.91 Å². The topological polar surface area (TPSA) is 66.7 Å². The van der Waals surface area contributed by atoms with Gasteiger partial charge in [0.15, 0.2) is 0 Å². The molecule has 3 heterocycles. The molecule has 2 fully saturated rings. The summed E-state index contributed by atoms with van der Waals surface area (Å²) in [4.78, 5) is 28.6. The van der Waals surface area contributed by atoms with E-state index >= 15 is 0 Å². The Morgan fingerprint density at radius 3 is 2.96 bits per heavy atom. The number of aryl methyl sites for hydroxylation is 1. The molecule has 2 amide bonds. The van der Waals surface area contributed by atoms with Gasteiger partial charge in [-0.25, -0.2) is 0 Å². The Morgan fingerprint density at radius 2 is 2.26 bits per heavy atom. The molecular formula is C17H23N3O3. The fraction of sp³-hybridized carbons (Fsp3) is 0.588. The molecule has 2 saturated heterocycles. The lowest BCUT2D eigenvalue weighted by Gasteiger charge is -2.37. The van der Waals surface area contributed by atoms with Crippen LogP contribution in [0.2, 0.25) is 0 Å². The molecule has 23 heavy (non-hydrogen) atoms. The van der Waals surface area contributed by atoms with E-state index in [0.29, 0.717) is 37.3 Å². The van der Waals surface area contributed by atoms with Crippen molar-refractivity contribution in [3.63, 3.8) is 0 Å². The average Bonchev–Trinajstić information content (AvgIpc) is 3.00. The molecule has 3 rings (SSSR count). The van der Waals surface area contributed by atoms with E-state index in [1.165, 1.54) is 6.26 Å². The molecule has 124 valence electrons. The molecule has 0 bridgehead atoms. The molecular weight excluding hydrogens is 294 g/mol. The fourth-order valence-electron chi connectivity index (χ4n) is 3.87. The van der Waals surface area contributed by atoms with E-state index in [2.05, 4.69) is 11.7 Å². The van der Waals surface area contributed by atoms with E-state index in [1.807, 2.05) is 9.80 Å². The number of carbonyl (C=O) groups excluding carboxylic acids is 2. The number of likely N-dealkylation sites (tertiary alicyclic amines) is 2. The van der Waals surface area contributed by atoms with Crippen LogP contribution in [0.25, 0.3) is 0 Å². The second-order valence-electron chi connectivity index (χ2n) is 6.48. The van der Waals surface area contributed by atoms with Gasteiger partial charge in [-0.05, 0) is 32.6 Å². The summed E-state index contributed by atoms with van der Waals surface area (Å²) in [5.74, 6) is 0.181. The molecule has 2 aliphatic rings. The normalized spacial score (nSPS) is 25.0. The standard InChI is InChI=1S/C17H23N3O3/c1-3-9-20-15(21)5-7-17(20)6-4-10-19(11-8-17)16(22)14-12-23-18-13(14)2/h3,12H,1,4-11H2,2H3. The number of amides is 2. The quantitative estimate of drug-likeness (QED) is 0.801. The minimum Gasteiger partial charge on any atom is -0.364 e. The van der Waals surface area contributed by atoms with Gasteiger partial charge in [0.05, 0.1) is 5.69 Å². The molecule has 0 saturated carbocycles. The van der Waals surface area contributed by atoms with Crippen LogP contribution in [0.5, 0.6) is 0 Å². The zero-order chi connectivity index (χ0) is 16.4. The Balaban J connectivity index is 1.74. The highest BCUT2D eigenvalue weighted by Crippen LogP contribution is 2.39. The highest BCUT2D eigenvalue weighted by molar-refractivity contribution is 5.94. The molecule has 0 aromatic carbocycles. The Morgan fingerprint density at radius 1 is 1.43 bits per heavy atom. The third-order valence-corrected chi connectivity index (χ3v) is 5.17. The van der Waals surface area contributed by atoms with Crippen LogP contribution in [0.4, 0.5) is 0 Å². The SMILES string of the molecule is C=CCN1C(=O)CCC12CCCN(C(=O)c1conc1C)CC2. The molecule has 0 N–H and O–H groups in total. The van der Waals surface area contributed by atoms with Crippen LogP contribution in [0.3, 0.4) is 0 Å². The van der Waals surface area contributed by atoms with E-state index in [0.717, 1.165) is 25.7 Å². The van der Waals surface area contributed by atoms with Crippen LogP contribution in [-0.4, -0.2) is 51.9 Å². The molecule has 6 heteroatoms. The summed E-state index contributed by atoms with van der Waals surface area (Å²) < 4.78 is 4.88. The molecule has 1 aromatic rings.